The molecule has 26 heavy (non-hydrogen) atoms. The summed E-state index contributed by atoms with van der Waals surface area (Å²) in [6.45, 7) is 5.75. The highest BCUT2D eigenvalue weighted by Gasteiger charge is 2.21. The molecule has 0 spiro atoms. The van der Waals surface area contributed by atoms with Crippen molar-refractivity contribution in [1.29, 1.82) is 5.26 Å². The molecule has 0 aliphatic rings. The Hall–Kier alpha value is -3.17. The first-order valence-electron chi connectivity index (χ1n) is 8.18. The molecule has 4 aromatic rings. The van der Waals surface area contributed by atoms with E-state index in [9.17, 15) is 10.1 Å². The summed E-state index contributed by atoms with van der Waals surface area (Å²) >= 11 is 1.58. The first kappa shape index (κ1) is 16.3. The molecule has 0 amide bonds. The summed E-state index contributed by atoms with van der Waals surface area (Å²) in [5.41, 5.74) is 3.88. The number of allylic oxidation sites excluding steroid dienone is 1. The third-order valence-electron chi connectivity index (χ3n) is 4.43. The standard InChI is InChI=1S/C20H16N4OS/c1-11-10-24-17(12(2)23-20(24)26-11)8-14(9-21)19(25)18-13(3)22-16-7-5-4-6-15(16)18/h4-8,10,22H,1-3H3. The molecule has 5 nitrogen and oxygen atoms in total. The highest BCUT2D eigenvalue weighted by atomic mass is 32.1. The van der Waals surface area contributed by atoms with Crippen molar-refractivity contribution >= 4 is 39.1 Å². The van der Waals surface area contributed by atoms with Crippen molar-refractivity contribution in [2.75, 3.05) is 0 Å². The van der Waals surface area contributed by atoms with Crippen molar-refractivity contribution in [2.24, 2.45) is 0 Å². The van der Waals surface area contributed by atoms with Crippen LogP contribution >= 0.6 is 11.3 Å². The normalized spacial score (nSPS) is 12.0. The summed E-state index contributed by atoms with van der Waals surface area (Å²) in [4.78, 5) is 22.8. The Balaban J connectivity index is 1.87. The lowest BCUT2D eigenvalue weighted by molar-refractivity contribution is 0.104. The van der Waals surface area contributed by atoms with Gasteiger partial charge in [0.25, 0.3) is 0 Å². The fourth-order valence-electron chi connectivity index (χ4n) is 3.24. The van der Waals surface area contributed by atoms with Crippen LogP contribution in [0, 0.1) is 32.1 Å². The maximum absolute atomic E-state index is 13.1. The number of Topliss-reactive ketones (excluding diaryl/α,β-unsaturated/α-hetero) is 1. The molecule has 0 unspecified atom stereocenters. The largest absolute Gasteiger partial charge is 0.358 e. The number of hydrogen-bond acceptors (Lipinski definition) is 4. The van der Waals surface area contributed by atoms with Crippen LogP contribution < -0.4 is 0 Å². The van der Waals surface area contributed by atoms with E-state index in [0.717, 1.165) is 37.8 Å². The van der Waals surface area contributed by atoms with E-state index in [2.05, 4.69) is 16.0 Å². The summed E-state index contributed by atoms with van der Waals surface area (Å²) in [6.07, 6.45) is 3.62. The van der Waals surface area contributed by atoms with Crippen LogP contribution in [0.4, 0.5) is 0 Å². The summed E-state index contributed by atoms with van der Waals surface area (Å²) < 4.78 is 1.93. The highest BCUT2D eigenvalue weighted by Crippen LogP contribution is 2.27. The second kappa shape index (κ2) is 5.97. The fourth-order valence-corrected chi connectivity index (χ4v) is 4.12. The minimum absolute atomic E-state index is 0.103. The van der Waals surface area contributed by atoms with Gasteiger partial charge in [0.2, 0.25) is 5.78 Å². The van der Waals surface area contributed by atoms with E-state index >= 15 is 0 Å². The second-order valence-electron chi connectivity index (χ2n) is 6.25. The van der Waals surface area contributed by atoms with Crippen molar-refractivity contribution in [3.63, 3.8) is 0 Å². The molecule has 3 heterocycles. The zero-order chi connectivity index (χ0) is 18.4. The lowest BCUT2D eigenvalue weighted by Crippen LogP contribution is -2.04. The number of aromatic amines is 1. The molecule has 0 fully saturated rings. The topological polar surface area (TPSA) is 73.9 Å². The second-order valence-corrected chi connectivity index (χ2v) is 7.46. The van der Waals surface area contributed by atoms with Gasteiger partial charge in [0.05, 0.1) is 17.0 Å². The Morgan fingerprint density at radius 1 is 1.31 bits per heavy atom. The Morgan fingerprint density at radius 3 is 2.85 bits per heavy atom. The number of fused-ring (bicyclic) bond motifs is 2. The van der Waals surface area contributed by atoms with Crippen LogP contribution in [0.5, 0.6) is 0 Å². The lowest BCUT2D eigenvalue weighted by Gasteiger charge is -2.01. The zero-order valence-corrected chi connectivity index (χ0v) is 15.4. The third-order valence-corrected chi connectivity index (χ3v) is 5.33. The average molecular weight is 360 g/mol. The molecule has 0 aliphatic heterocycles. The molecule has 3 aromatic heterocycles. The van der Waals surface area contributed by atoms with E-state index in [0.29, 0.717) is 5.56 Å². The minimum Gasteiger partial charge on any atom is -0.358 e. The van der Waals surface area contributed by atoms with Crippen molar-refractivity contribution in [3.8, 4) is 6.07 Å². The first-order chi connectivity index (χ1) is 12.5. The average Bonchev–Trinajstić information content (AvgIpc) is 3.21. The monoisotopic (exact) mass is 360 g/mol. The van der Waals surface area contributed by atoms with E-state index < -0.39 is 0 Å². The molecular weight excluding hydrogens is 344 g/mol. The summed E-state index contributed by atoms with van der Waals surface area (Å²) in [5, 5.41) is 10.5. The van der Waals surface area contributed by atoms with Gasteiger partial charge in [-0.1, -0.05) is 18.2 Å². The predicted molar refractivity (Wildman–Crippen MR) is 103 cm³/mol. The molecule has 0 aliphatic carbocycles. The van der Waals surface area contributed by atoms with Gasteiger partial charge in [-0.05, 0) is 32.9 Å². The SMILES string of the molecule is Cc1cn2c(C=C(C#N)C(=O)c3c(C)[nH]c4ccccc34)c(C)nc2s1. The van der Waals surface area contributed by atoms with Crippen molar-refractivity contribution in [1.82, 2.24) is 14.4 Å². The number of ketones is 1. The molecular formula is C20H16N4OS. The molecule has 0 bridgehead atoms. The van der Waals surface area contributed by atoms with Crippen LogP contribution in [0.1, 0.15) is 32.3 Å². The maximum atomic E-state index is 13.1. The molecule has 0 saturated carbocycles. The number of aryl methyl sites for hydroxylation is 3. The number of para-hydroxylation sites is 1. The van der Waals surface area contributed by atoms with Crippen LogP contribution in [0.3, 0.4) is 0 Å². The number of imidazole rings is 1. The van der Waals surface area contributed by atoms with Crippen molar-refractivity contribution in [2.45, 2.75) is 20.8 Å². The van der Waals surface area contributed by atoms with Gasteiger partial charge >= 0.3 is 0 Å². The van der Waals surface area contributed by atoms with E-state index in [4.69, 9.17) is 0 Å². The highest BCUT2D eigenvalue weighted by molar-refractivity contribution is 7.17. The van der Waals surface area contributed by atoms with Gasteiger partial charge in [-0.15, -0.1) is 11.3 Å². The zero-order valence-electron chi connectivity index (χ0n) is 14.6. The molecule has 1 N–H and O–H groups in total. The van der Waals surface area contributed by atoms with Gasteiger partial charge in [0.1, 0.15) is 11.6 Å². The van der Waals surface area contributed by atoms with Gasteiger partial charge in [-0.25, -0.2) is 4.98 Å². The van der Waals surface area contributed by atoms with Crippen molar-refractivity contribution < 1.29 is 4.79 Å². The Bertz CT molecular complexity index is 1250. The lowest BCUT2D eigenvalue weighted by atomic mass is 10.00. The number of aromatic nitrogens is 3. The Labute approximate surface area is 154 Å². The number of nitriles is 1. The van der Waals surface area contributed by atoms with Gasteiger partial charge in [0, 0.05) is 27.7 Å². The van der Waals surface area contributed by atoms with Crippen LogP contribution in [0.25, 0.3) is 21.9 Å². The van der Waals surface area contributed by atoms with Gasteiger partial charge < -0.3 is 4.98 Å². The first-order valence-corrected chi connectivity index (χ1v) is 9.00. The minimum atomic E-state index is -0.274. The number of carbonyl (C=O) groups excluding carboxylic acids is 1. The number of H-pyrrole nitrogens is 1. The fraction of sp³-hybridized carbons (Fsp3) is 0.150. The molecule has 1 aromatic carbocycles. The van der Waals surface area contributed by atoms with E-state index in [1.807, 2.05) is 55.6 Å². The molecule has 0 saturated heterocycles. The quantitative estimate of drug-likeness (QED) is 0.330. The summed E-state index contributed by atoms with van der Waals surface area (Å²) in [6, 6.07) is 9.70. The summed E-state index contributed by atoms with van der Waals surface area (Å²) in [5.74, 6) is -0.274. The molecule has 6 heteroatoms. The summed E-state index contributed by atoms with van der Waals surface area (Å²) in [7, 11) is 0. The van der Waals surface area contributed by atoms with Gasteiger partial charge in [-0.3, -0.25) is 9.20 Å². The maximum Gasteiger partial charge on any atom is 0.206 e. The number of benzene rings is 1. The van der Waals surface area contributed by atoms with Gasteiger partial charge in [-0.2, -0.15) is 5.26 Å². The smallest absolute Gasteiger partial charge is 0.206 e. The number of carbonyl (C=O) groups is 1. The Morgan fingerprint density at radius 2 is 2.08 bits per heavy atom. The van der Waals surface area contributed by atoms with Crippen molar-refractivity contribution in [3.05, 3.63) is 63.6 Å². The molecule has 0 atom stereocenters. The Kier molecular flexibility index (Phi) is 3.74. The van der Waals surface area contributed by atoms with Crippen LogP contribution in [-0.4, -0.2) is 20.2 Å². The molecule has 128 valence electrons. The van der Waals surface area contributed by atoms with E-state index in [1.54, 1.807) is 17.4 Å². The van der Waals surface area contributed by atoms with E-state index in [-0.39, 0.29) is 11.4 Å². The third kappa shape index (κ3) is 2.45. The van der Waals surface area contributed by atoms with E-state index in [1.165, 1.54) is 0 Å². The molecule has 4 rings (SSSR count). The van der Waals surface area contributed by atoms with Crippen LogP contribution in [0.2, 0.25) is 0 Å². The number of nitrogens with one attached hydrogen (secondary N) is 1. The molecule has 0 radical (unpaired) electrons. The van der Waals surface area contributed by atoms with Crippen LogP contribution in [0.15, 0.2) is 36.0 Å². The van der Waals surface area contributed by atoms with Crippen LogP contribution in [-0.2, 0) is 0 Å². The number of rotatable bonds is 3. The number of thiazole rings is 1. The van der Waals surface area contributed by atoms with Gasteiger partial charge in [0.15, 0.2) is 4.96 Å². The number of hydrogen-bond donors (Lipinski definition) is 1. The predicted octanol–water partition coefficient (Wildman–Crippen LogP) is 4.59. The number of nitrogens with zero attached hydrogens (tertiary/aromatic N) is 3.